The summed E-state index contributed by atoms with van der Waals surface area (Å²) < 4.78 is 2.64. The van der Waals surface area contributed by atoms with Crippen molar-refractivity contribution >= 4 is 29.5 Å². The number of hydrogen-bond acceptors (Lipinski definition) is 2. The van der Waals surface area contributed by atoms with Crippen LogP contribution < -0.4 is 0 Å². The third kappa shape index (κ3) is 8.78. The van der Waals surface area contributed by atoms with Crippen LogP contribution in [0, 0.1) is 19.8 Å². The molecule has 3 nitrogen and oxygen atoms in total. The molecule has 0 saturated carbocycles. The van der Waals surface area contributed by atoms with E-state index >= 15 is 0 Å². The van der Waals surface area contributed by atoms with E-state index in [1.54, 1.807) is 0 Å². The molecule has 3 aromatic rings. The topological polar surface area (TPSA) is 45.4 Å². The molecular formula is C30H48BNO2. The van der Waals surface area contributed by atoms with Crippen LogP contribution in [0.3, 0.4) is 0 Å². The molecule has 0 aliphatic carbocycles. The lowest BCUT2D eigenvalue weighted by molar-refractivity contribution is 0.365. The van der Waals surface area contributed by atoms with Crippen LogP contribution in [-0.2, 0) is 6.54 Å². The minimum atomic E-state index is -0.750. The summed E-state index contributed by atoms with van der Waals surface area (Å²) in [5, 5.41) is 17.1. The number of benzene rings is 2. The maximum atomic E-state index is 7.12. The number of hydrogen-bond donors (Lipinski definition) is 2. The van der Waals surface area contributed by atoms with Gasteiger partial charge in [-0.2, -0.15) is 0 Å². The molecule has 0 bridgehead atoms. The summed E-state index contributed by atoms with van der Waals surface area (Å²) in [4.78, 5) is 0. The average Bonchev–Trinajstić information content (AvgIpc) is 3.11. The van der Waals surface area contributed by atoms with Crippen molar-refractivity contribution in [3.8, 4) is 0 Å². The largest absolute Gasteiger partial charge is 0.432 e. The molecule has 0 amide bonds. The lowest BCUT2D eigenvalue weighted by atomic mass is 9.94. The van der Waals surface area contributed by atoms with Crippen LogP contribution >= 0.6 is 0 Å². The van der Waals surface area contributed by atoms with Crippen molar-refractivity contribution in [1.29, 1.82) is 0 Å². The van der Waals surface area contributed by atoms with Crippen molar-refractivity contribution in [2.75, 3.05) is 0 Å². The Morgan fingerprint density at radius 2 is 1.09 bits per heavy atom. The Kier molecular flexibility index (Phi) is 13.4. The number of nitrogens with zero attached hydrogens (tertiary/aromatic N) is 1. The number of aromatic nitrogens is 1. The van der Waals surface area contributed by atoms with Gasteiger partial charge in [-0.15, -0.1) is 0 Å². The highest BCUT2D eigenvalue weighted by atomic mass is 16.4. The number of unbranched alkanes of at least 4 members (excludes halogenated alkanes) is 8. The molecule has 4 heteroatoms. The zero-order valence-electron chi connectivity index (χ0n) is 22.3. The van der Waals surface area contributed by atoms with Crippen molar-refractivity contribution < 1.29 is 10.0 Å². The zero-order valence-corrected chi connectivity index (χ0v) is 22.3. The standard InChI is InChI=1S/C30H45N.BH3O2/c1-5-7-9-11-12-14-16-26(15-13-10-8-6-2)23-31-29-19-17-24(3)21-27(29)28-22-25(4)18-20-30(28)31;2-1-3/h17-22,26H,5-16,23H2,1-4H3;1-3H. The molecule has 2 aromatic carbocycles. The van der Waals surface area contributed by atoms with E-state index in [2.05, 4.69) is 68.7 Å². The highest BCUT2D eigenvalue weighted by Crippen LogP contribution is 2.33. The molecule has 188 valence electrons. The van der Waals surface area contributed by atoms with Gasteiger partial charge in [-0.1, -0.05) is 101 Å². The molecule has 1 heterocycles. The fourth-order valence-electron chi connectivity index (χ4n) is 5.19. The Labute approximate surface area is 208 Å². The Balaban J connectivity index is 0.00000129. The van der Waals surface area contributed by atoms with Crippen molar-refractivity contribution in [3.05, 3.63) is 47.5 Å². The monoisotopic (exact) mass is 465 g/mol. The van der Waals surface area contributed by atoms with E-state index in [1.807, 2.05) is 0 Å². The van der Waals surface area contributed by atoms with Gasteiger partial charge >= 0.3 is 7.69 Å². The molecular weight excluding hydrogens is 417 g/mol. The predicted molar refractivity (Wildman–Crippen MR) is 151 cm³/mol. The first-order chi connectivity index (χ1) is 16.5. The van der Waals surface area contributed by atoms with Gasteiger partial charge in [-0.05, 0) is 56.9 Å². The van der Waals surface area contributed by atoms with E-state index in [0.29, 0.717) is 0 Å². The summed E-state index contributed by atoms with van der Waals surface area (Å²) in [7, 11) is -0.750. The second-order valence-electron chi connectivity index (χ2n) is 10.1. The second kappa shape index (κ2) is 16.0. The summed E-state index contributed by atoms with van der Waals surface area (Å²) in [6.07, 6.45) is 16.7. The normalized spacial score (nSPS) is 12.1. The van der Waals surface area contributed by atoms with E-state index in [1.165, 1.54) is 117 Å². The minimum Gasteiger partial charge on any atom is -0.430 e. The zero-order chi connectivity index (χ0) is 24.8. The Hall–Kier alpha value is -1.78. The summed E-state index contributed by atoms with van der Waals surface area (Å²) in [6, 6.07) is 14.1. The molecule has 0 saturated heterocycles. The van der Waals surface area contributed by atoms with Gasteiger partial charge in [0.25, 0.3) is 0 Å². The Morgan fingerprint density at radius 1 is 0.676 bits per heavy atom. The van der Waals surface area contributed by atoms with Crippen LogP contribution in [0.15, 0.2) is 36.4 Å². The third-order valence-electron chi connectivity index (χ3n) is 7.05. The smallest absolute Gasteiger partial charge is 0.430 e. The van der Waals surface area contributed by atoms with E-state index < -0.39 is 7.69 Å². The quantitative estimate of drug-likeness (QED) is 0.187. The summed E-state index contributed by atoms with van der Waals surface area (Å²) in [6.45, 7) is 10.2. The molecule has 0 fully saturated rings. The van der Waals surface area contributed by atoms with Gasteiger partial charge in [-0.3, -0.25) is 0 Å². The fraction of sp³-hybridized carbons (Fsp3) is 0.600. The molecule has 0 spiro atoms. The molecule has 1 atom stereocenters. The van der Waals surface area contributed by atoms with Gasteiger partial charge in [0.15, 0.2) is 0 Å². The lowest BCUT2D eigenvalue weighted by Gasteiger charge is -2.20. The van der Waals surface area contributed by atoms with Gasteiger partial charge in [-0.25, -0.2) is 0 Å². The van der Waals surface area contributed by atoms with Gasteiger partial charge in [0.1, 0.15) is 0 Å². The molecule has 1 unspecified atom stereocenters. The van der Waals surface area contributed by atoms with E-state index in [-0.39, 0.29) is 0 Å². The number of aryl methyl sites for hydroxylation is 2. The van der Waals surface area contributed by atoms with Crippen molar-refractivity contribution in [3.63, 3.8) is 0 Å². The molecule has 3 rings (SSSR count). The lowest BCUT2D eigenvalue weighted by Crippen LogP contribution is -2.11. The van der Waals surface area contributed by atoms with Crippen molar-refractivity contribution in [2.45, 2.75) is 111 Å². The van der Waals surface area contributed by atoms with E-state index in [4.69, 9.17) is 10.0 Å². The SMILES string of the molecule is CCCCCCCCC(CCCCCC)Cn1c2ccc(C)cc2c2cc(C)ccc21.OBO. The van der Waals surface area contributed by atoms with Crippen LogP contribution in [0.2, 0.25) is 0 Å². The highest BCUT2D eigenvalue weighted by molar-refractivity contribution is 6.13. The predicted octanol–water partition coefficient (Wildman–Crippen LogP) is 7.99. The maximum Gasteiger partial charge on any atom is 0.432 e. The first-order valence-corrected chi connectivity index (χ1v) is 13.8. The fourth-order valence-corrected chi connectivity index (χ4v) is 5.19. The first-order valence-electron chi connectivity index (χ1n) is 13.8. The van der Waals surface area contributed by atoms with Crippen LogP contribution in [0.1, 0.15) is 102 Å². The number of rotatable bonds is 14. The molecule has 34 heavy (non-hydrogen) atoms. The van der Waals surface area contributed by atoms with Crippen LogP contribution in [0.4, 0.5) is 0 Å². The van der Waals surface area contributed by atoms with Crippen LogP contribution in [0.25, 0.3) is 21.8 Å². The summed E-state index contributed by atoms with van der Waals surface area (Å²) in [5.41, 5.74) is 5.56. The number of fused-ring (bicyclic) bond motifs is 3. The molecule has 2 N–H and O–H groups in total. The van der Waals surface area contributed by atoms with Gasteiger partial charge < -0.3 is 14.6 Å². The minimum absolute atomic E-state index is 0.750. The van der Waals surface area contributed by atoms with E-state index in [9.17, 15) is 0 Å². The van der Waals surface area contributed by atoms with Crippen molar-refractivity contribution in [2.24, 2.45) is 5.92 Å². The van der Waals surface area contributed by atoms with Crippen LogP contribution in [-0.4, -0.2) is 22.3 Å². The van der Waals surface area contributed by atoms with Gasteiger partial charge in [0.05, 0.1) is 0 Å². The molecule has 1 aromatic heterocycles. The Morgan fingerprint density at radius 3 is 1.56 bits per heavy atom. The second-order valence-corrected chi connectivity index (χ2v) is 10.1. The van der Waals surface area contributed by atoms with Crippen LogP contribution in [0.5, 0.6) is 0 Å². The summed E-state index contributed by atoms with van der Waals surface area (Å²) in [5.74, 6) is 0.796. The molecule has 0 aliphatic heterocycles. The molecule has 0 radical (unpaired) electrons. The Bertz CT molecular complexity index is 906. The van der Waals surface area contributed by atoms with Gasteiger partial charge in [0.2, 0.25) is 0 Å². The van der Waals surface area contributed by atoms with Crippen molar-refractivity contribution in [1.82, 2.24) is 4.57 Å². The van der Waals surface area contributed by atoms with E-state index in [0.717, 1.165) is 5.92 Å². The maximum absolute atomic E-state index is 7.12. The molecule has 0 aliphatic rings. The third-order valence-corrected chi connectivity index (χ3v) is 7.05. The summed E-state index contributed by atoms with van der Waals surface area (Å²) >= 11 is 0. The van der Waals surface area contributed by atoms with Gasteiger partial charge in [0, 0.05) is 28.4 Å². The first kappa shape index (κ1) is 28.5. The average molecular weight is 466 g/mol. The highest BCUT2D eigenvalue weighted by Gasteiger charge is 2.16.